The molecule has 168 valence electrons. The van der Waals surface area contributed by atoms with Crippen molar-refractivity contribution in [1.82, 2.24) is 4.90 Å². The van der Waals surface area contributed by atoms with Gasteiger partial charge in [-0.05, 0) is 24.4 Å². The van der Waals surface area contributed by atoms with Crippen molar-refractivity contribution < 1.29 is 23.8 Å². The first-order chi connectivity index (χ1) is 14.3. The van der Waals surface area contributed by atoms with Gasteiger partial charge in [-0.1, -0.05) is 69.2 Å². The van der Waals surface area contributed by atoms with Gasteiger partial charge in [0.25, 0.3) is 0 Å². The fraction of sp³-hybridized carbons (Fsp3) is 0.652. The van der Waals surface area contributed by atoms with Gasteiger partial charge in [-0.15, -0.1) is 0 Å². The van der Waals surface area contributed by atoms with Crippen molar-refractivity contribution in [2.45, 2.75) is 70.1 Å². The van der Waals surface area contributed by atoms with Crippen molar-refractivity contribution in [2.75, 3.05) is 20.8 Å². The van der Waals surface area contributed by atoms with Crippen molar-refractivity contribution in [2.24, 2.45) is 5.92 Å². The molecule has 0 bridgehead atoms. The summed E-state index contributed by atoms with van der Waals surface area (Å²) in [6.07, 6.45) is 2.56. The highest BCUT2D eigenvalue weighted by Crippen LogP contribution is 2.31. The first kappa shape index (κ1) is 24.6. The zero-order valence-electron chi connectivity index (χ0n) is 19.1. The number of methoxy groups -OCH3 is 2. The molecule has 30 heavy (non-hydrogen) atoms. The lowest BCUT2D eigenvalue weighted by atomic mass is 9.88. The lowest BCUT2D eigenvalue weighted by Crippen LogP contribution is -2.51. The predicted octanol–water partition coefficient (Wildman–Crippen LogP) is 5.23. The Labute approximate surface area is 181 Å². The summed E-state index contributed by atoms with van der Waals surface area (Å²) in [4.78, 5) is 27.7. The van der Waals surface area contributed by atoms with E-state index in [1.807, 2.05) is 30.3 Å². The maximum Gasteiger partial charge on any atom is 0.418 e. The molecule has 0 radical (unpaired) electrons. The number of nitrogens with zero attached hydrogens (tertiary/aromatic N) is 1. The number of hydrogen-bond acceptors (Lipinski definition) is 5. The zero-order chi connectivity index (χ0) is 22.1. The Balaban J connectivity index is 2.29. The minimum absolute atomic E-state index is 0.186. The van der Waals surface area contributed by atoms with Crippen LogP contribution in [0.15, 0.2) is 30.3 Å². The number of hydrogen-bond donors (Lipinski definition) is 0. The van der Waals surface area contributed by atoms with Gasteiger partial charge in [0, 0.05) is 28.2 Å². The summed E-state index contributed by atoms with van der Waals surface area (Å²) in [6.45, 7) is 6.97. The number of rotatable bonds is 9. The lowest BCUT2D eigenvalue weighted by Gasteiger charge is -2.36. The molecule has 7 heteroatoms. The molecular formula is C23H37NO5Si. The van der Waals surface area contributed by atoms with Crippen LogP contribution in [0.1, 0.15) is 43.8 Å². The van der Waals surface area contributed by atoms with Crippen LogP contribution >= 0.6 is 0 Å². The molecule has 0 heterocycles. The van der Waals surface area contributed by atoms with Crippen LogP contribution in [0, 0.1) is 5.92 Å². The standard InChI is InChI=1S/C23H37NO5Si/c1-27-20(18-12-8-6-9-13-18)22(28-2)24(21(25)19-14-10-7-11-15-19)23(26)29-16-17-30(3,4)5/h6,8-9,12-13,19-20,22H,7,10-11,14-17H2,1-5H3/t20-,22+/m1/s1. The van der Waals surface area contributed by atoms with Gasteiger partial charge < -0.3 is 14.2 Å². The molecule has 0 N–H and O–H groups in total. The smallest absolute Gasteiger partial charge is 0.418 e. The fourth-order valence-corrected chi connectivity index (χ4v) is 4.52. The van der Waals surface area contributed by atoms with Gasteiger partial charge in [-0.2, -0.15) is 0 Å². The first-order valence-corrected chi connectivity index (χ1v) is 14.6. The zero-order valence-corrected chi connectivity index (χ0v) is 20.1. The Hall–Kier alpha value is -1.70. The molecule has 0 spiro atoms. The molecular weight excluding hydrogens is 398 g/mol. The quantitative estimate of drug-likeness (QED) is 0.392. The van der Waals surface area contributed by atoms with Crippen LogP contribution in [-0.2, 0) is 19.0 Å². The second-order valence-corrected chi connectivity index (χ2v) is 14.8. The number of carbonyl (C=O) groups excluding carboxylic acids is 2. The monoisotopic (exact) mass is 435 g/mol. The maximum absolute atomic E-state index is 13.5. The molecule has 1 fully saturated rings. The van der Waals surface area contributed by atoms with Gasteiger partial charge >= 0.3 is 6.09 Å². The highest BCUT2D eigenvalue weighted by Gasteiger charge is 2.40. The minimum atomic E-state index is -1.37. The molecule has 0 aliphatic heterocycles. The molecule has 0 unspecified atom stereocenters. The normalized spacial score (nSPS) is 17.2. The molecule has 2 amide bonds. The van der Waals surface area contributed by atoms with Crippen molar-refractivity contribution in [1.29, 1.82) is 0 Å². The third kappa shape index (κ3) is 6.92. The second kappa shape index (κ2) is 11.6. The SMILES string of the molecule is CO[C@H](c1ccccc1)[C@H](OC)N(C(=O)OCC[Si](C)(C)C)C(=O)C1CCCCC1. The van der Waals surface area contributed by atoms with Crippen molar-refractivity contribution in [3.63, 3.8) is 0 Å². The molecule has 2 rings (SSSR count). The highest BCUT2D eigenvalue weighted by atomic mass is 28.3. The lowest BCUT2D eigenvalue weighted by molar-refractivity contribution is -0.159. The molecule has 1 aromatic rings. The summed E-state index contributed by atoms with van der Waals surface area (Å²) >= 11 is 0. The summed E-state index contributed by atoms with van der Waals surface area (Å²) in [6, 6.07) is 10.4. The van der Waals surface area contributed by atoms with E-state index in [9.17, 15) is 9.59 Å². The predicted molar refractivity (Wildman–Crippen MR) is 120 cm³/mol. The number of carbonyl (C=O) groups is 2. The molecule has 0 saturated heterocycles. The maximum atomic E-state index is 13.5. The molecule has 6 nitrogen and oxygen atoms in total. The molecule has 2 atom stereocenters. The summed E-state index contributed by atoms with van der Waals surface area (Å²) in [5.41, 5.74) is 0.836. The number of ether oxygens (including phenoxy) is 3. The van der Waals surface area contributed by atoms with Gasteiger partial charge in [0.15, 0.2) is 6.23 Å². The van der Waals surface area contributed by atoms with E-state index < -0.39 is 26.5 Å². The molecule has 0 aromatic heterocycles. The fourth-order valence-electron chi connectivity index (χ4n) is 3.80. The van der Waals surface area contributed by atoms with Gasteiger partial charge in [0.1, 0.15) is 6.10 Å². The Bertz CT molecular complexity index is 670. The van der Waals surface area contributed by atoms with Crippen LogP contribution < -0.4 is 0 Å². The van der Waals surface area contributed by atoms with E-state index in [0.29, 0.717) is 6.61 Å². The van der Waals surface area contributed by atoms with Crippen LogP contribution in [0.5, 0.6) is 0 Å². The molecule has 1 aliphatic rings. The Morgan fingerprint density at radius 2 is 1.67 bits per heavy atom. The van der Waals surface area contributed by atoms with E-state index in [4.69, 9.17) is 14.2 Å². The van der Waals surface area contributed by atoms with E-state index in [-0.39, 0.29) is 11.8 Å². The topological polar surface area (TPSA) is 65.1 Å². The van der Waals surface area contributed by atoms with Crippen molar-refractivity contribution in [3.8, 4) is 0 Å². The van der Waals surface area contributed by atoms with Gasteiger partial charge in [-0.3, -0.25) is 4.79 Å². The Morgan fingerprint density at radius 3 is 2.20 bits per heavy atom. The highest BCUT2D eigenvalue weighted by molar-refractivity contribution is 6.76. The average Bonchev–Trinajstić information content (AvgIpc) is 2.73. The third-order valence-corrected chi connectivity index (χ3v) is 7.31. The van der Waals surface area contributed by atoms with E-state index in [1.54, 1.807) is 7.11 Å². The summed E-state index contributed by atoms with van der Waals surface area (Å²) < 4.78 is 17.0. The van der Waals surface area contributed by atoms with E-state index in [2.05, 4.69) is 19.6 Å². The van der Waals surface area contributed by atoms with Crippen molar-refractivity contribution >= 4 is 20.1 Å². The molecule has 1 aliphatic carbocycles. The summed E-state index contributed by atoms with van der Waals surface area (Å²) in [5, 5.41) is 0. The van der Waals surface area contributed by atoms with Gasteiger partial charge in [-0.25, -0.2) is 9.69 Å². The van der Waals surface area contributed by atoms with E-state index in [0.717, 1.165) is 43.7 Å². The van der Waals surface area contributed by atoms with Crippen LogP contribution in [0.3, 0.4) is 0 Å². The Morgan fingerprint density at radius 1 is 1.03 bits per heavy atom. The molecule has 1 aromatic carbocycles. The summed E-state index contributed by atoms with van der Waals surface area (Å²) in [5.74, 6) is -0.410. The van der Waals surface area contributed by atoms with Crippen LogP contribution in [0.4, 0.5) is 4.79 Å². The molecule has 1 saturated carbocycles. The van der Waals surface area contributed by atoms with Crippen molar-refractivity contribution in [3.05, 3.63) is 35.9 Å². The second-order valence-electron chi connectivity index (χ2n) is 9.16. The van der Waals surface area contributed by atoms with Crippen LogP contribution in [0.25, 0.3) is 0 Å². The number of amides is 2. The largest absolute Gasteiger partial charge is 0.449 e. The summed E-state index contributed by atoms with van der Waals surface area (Å²) in [7, 11) is 1.68. The number of benzene rings is 1. The van der Waals surface area contributed by atoms with E-state index >= 15 is 0 Å². The number of imide groups is 1. The van der Waals surface area contributed by atoms with Gasteiger partial charge in [0.2, 0.25) is 5.91 Å². The van der Waals surface area contributed by atoms with Gasteiger partial charge in [0.05, 0.1) is 6.61 Å². The van der Waals surface area contributed by atoms with E-state index in [1.165, 1.54) is 12.0 Å². The van der Waals surface area contributed by atoms with Crippen LogP contribution in [-0.4, -0.2) is 52.0 Å². The third-order valence-electron chi connectivity index (χ3n) is 5.60. The minimum Gasteiger partial charge on any atom is -0.449 e. The van der Waals surface area contributed by atoms with Crippen LogP contribution in [0.2, 0.25) is 25.7 Å². The first-order valence-electron chi connectivity index (χ1n) is 10.9. The Kier molecular flexibility index (Phi) is 9.52. The average molecular weight is 436 g/mol.